The van der Waals surface area contributed by atoms with Gasteiger partial charge in [0.15, 0.2) is 0 Å². The molecule has 1 aromatic heterocycles. The molecule has 0 saturated heterocycles. The smallest absolute Gasteiger partial charge is 0.240 e. The summed E-state index contributed by atoms with van der Waals surface area (Å²) in [6.07, 6.45) is 5.27. The molecule has 7 heteroatoms. The van der Waals surface area contributed by atoms with Crippen LogP contribution < -0.4 is 15.2 Å². The predicted molar refractivity (Wildman–Crippen MR) is 119 cm³/mol. The number of nitrogens with two attached hydrogens (primary N) is 1. The van der Waals surface area contributed by atoms with Crippen molar-refractivity contribution in [1.29, 1.82) is 0 Å². The lowest BCUT2D eigenvalue weighted by Gasteiger charge is -2.30. The fraction of sp³-hybridized carbons (Fsp3) is 0.391. The van der Waals surface area contributed by atoms with Crippen molar-refractivity contribution in [3.8, 4) is 17.0 Å². The van der Waals surface area contributed by atoms with Crippen molar-refractivity contribution in [2.45, 2.75) is 56.0 Å². The highest BCUT2D eigenvalue weighted by molar-refractivity contribution is 7.89. The summed E-state index contributed by atoms with van der Waals surface area (Å²) in [5.41, 5.74) is 10.3. The molecular weight excluding hydrogens is 398 g/mol. The summed E-state index contributed by atoms with van der Waals surface area (Å²) in [4.78, 5) is 0.293. The van der Waals surface area contributed by atoms with Crippen molar-refractivity contribution in [1.82, 2.24) is 9.29 Å². The highest BCUT2D eigenvalue weighted by Gasteiger charge is 2.29. The van der Waals surface area contributed by atoms with Crippen molar-refractivity contribution in [3.63, 3.8) is 0 Å². The topological polar surface area (TPSA) is 86.3 Å². The molecule has 1 heterocycles. The Morgan fingerprint density at radius 3 is 2.43 bits per heavy atom. The van der Waals surface area contributed by atoms with Gasteiger partial charge in [-0.05, 0) is 63.3 Å². The number of benzene rings is 2. The Bertz CT molecular complexity index is 1190. The van der Waals surface area contributed by atoms with Gasteiger partial charge in [0.25, 0.3) is 0 Å². The molecule has 6 nitrogen and oxygen atoms in total. The maximum Gasteiger partial charge on any atom is 0.240 e. The molecule has 2 saturated carbocycles. The van der Waals surface area contributed by atoms with Gasteiger partial charge in [0, 0.05) is 29.1 Å². The number of nitrogens with one attached hydrogen (secondary N) is 1. The van der Waals surface area contributed by atoms with Gasteiger partial charge >= 0.3 is 0 Å². The molecule has 30 heavy (non-hydrogen) atoms. The van der Waals surface area contributed by atoms with E-state index in [1.54, 1.807) is 12.1 Å². The molecule has 2 aliphatic rings. The molecule has 0 amide bonds. The minimum absolute atomic E-state index is 0.0889. The number of ether oxygens (including phenoxy) is 1. The molecule has 2 fully saturated rings. The minimum Gasteiger partial charge on any atom is -0.494 e. The number of fused-ring (bicyclic) bond motifs is 1. The Kier molecular flexibility index (Phi) is 4.75. The Balaban J connectivity index is 1.60. The van der Waals surface area contributed by atoms with Crippen molar-refractivity contribution in [3.05, 3.63) is 42.5 Å². The van der Waals surface area contributed by atoms with Gasteiger partial charge in [0.2, 0.25) is 10.0 Å². The van der Waals surface area contributed by atoms with Gasteiger partial charge in [0.05, 0.1) is 28.4 Å². The summed E-state index contributed by atoms with van der Waals surface area (Å²) >= 11 is 0. The number of nitrogen functional groups attached to an aromatic ring is 1. The fourth-order valence-corrected chi connectivity index (χ4v) is 5.48. The van der Waals surface area contributed by atoms with Crippen LogP contribution in [0.25, 0.3) is 22.2 Å². The molecule has 0 radical (unpaired) electrons. The molecular formula is C23H27N3O3S. The van der Waals surface area contributed by atoms with Gasteiger partial charge in [-0.1, -0.05) is 12.1 Å². The maximum absolute atomic E-state index is 12.5. The number of rotatable bonds is 7. The van der Waals surface area contributed by atoms with Crippen LogP contribution in [0.2, 0.25) is 0 Å². The molecule has 0 bridgehead atoms. The van der Waals surface area contributed by atoms with Crippen LogP contribution in [-0.2, 0) is 10.0 Å². The normalized spacial score (nSPS) is 17.2. The quantitative estimate of drug-likeness (QED) is 0.585. The van der Waals surface area contributed by atoms with Crippen molar-refractivity contribution in [2.24, 2.45) is 0 Å². The Hall–Kier alpha value is -2.51. The van der Waals surface area contributed by atoms with E-state index in [1.165, 1.54) is 6.42 Å². The average molecular weight is 426 g/mol. The van der Waals surface area contributed by atoms with Crippen LogP contribution in [0.1, 0.15) is 45.1 Å². The number of anilines is 1. The minimum atomic E-state index is -3.47. The van der Waals surface area contributed by atoms with E-state index in [0.29, 0.717) is 17.5 Å². The lowest BCUT2D eigenvalue weighted by atomic mass is 9.92. The third kappa shape index (κ3) is 3.36. The summed E-state index contributed by atoms with van der Waals surface area (Å²) in [5, 5.41) is 1.01. The maximum atomic E-state index is 12.5. The van der Waals surface area contributed by atoms with Gasteiger partial charge in [-0.2, -0.15) is 0 Å². The summed E-state index contributed by atoms with van der Waals surface area (Å²) in [5.74, 6) is 0.835. The second-order valence-corrected chi connectivity index (χ2v) is 9.96. The standard InChI is InChI=1S/C23H27N3O3S/c1-2-29-18-10-13-20-21(14-18)26(17-4-3-5-17)23(22(20)24)15-6-11-19(12-7-15)30(27,28)25-16-8-9-16/h6-7,10-14,16-17,25H,2-5,8-9,24H2,1H3. The molecule has 0 atom stereocenters. The van der Waals surface area contributed by atoms with Gasteiger partial charge in [-0.25, -0.2) is 13.1 Å². The number of sulfonamides is 1. The summed E-state index contributed by atoms with van der Waals surface area (Å²) < 4.78 is 35.8. The van der Waals surface area contributed by atoms with E-state index < -0.39 is 10.0 Å². The Morgan fingerprint density at radius 2 is 1.83 bits per heavy atom. The molecule has 5 rings (SSSR count). The van der Waals surface area contributed by atoms with Crippen LogP contribution in [0.3, 0.4) is 0 Å². The first kappa shape index (κ1) is 19.5. The van der Waals surface area contributed by atoms with Crippen molar-refractivity contribution >= 4 is 26.6 Å². The Morgan fingerprint density at radius 1 is 1.10 bits per heavy atom. The number of hydrogen-bond donors (Lipinski definition) is 2. The van der Waals surface area contributed by atoms with E-state index in [2.05, 4.69) is 15.4 Å². The van der Waals surface area contributed by atoms with Gasteiger partial charge in [-0.15, -0.1) is 0 Å². The number of aromatic nitrogens is 1. The summed E-state index contributed by atoms with van der Waals surface area (Å²) in [7, 11) is -3.47. The third-order valence-electron chi connectivity index (χ3n) is 6.10. The molecule has 0 spiro atoms. The van der Waals surface area contributed by atoms with Gasteiger partial charge in [-0.3, -0.25) is 0 Å². The van der Waals surface area contributed by atoms with Crippen LogP contribution >= 0.6 is 0 Å². The van der Waals surface area contributed by atoms with Crippen LogP contribution in [-0.4, -0.2) is 25.6 Å². The molecule has 2 aromatic carbocycles. The summed E-state index contributed by atoms with van der Waals surface area (Å²) in [6.45, 7) is 2.59. The molecule has 158 valence electrons. The second kappa shape index (κ2) is 7.32. The van der Waals surface area contributed by atoms with E-state index in [4.69, 9.17) is 10.5 Å². The largest absolute Gasteiger partial charge is 0.494 e. The van der Waals surface area contributed by atoms with E-state index in [1.807, 2.05) is 31.2 Å². The van der Waals surface area contributed by atoms with E-state index >= 15 is 0 Å². The lowest BCUT2D eigenvalue weighted by Crippen LogP contribution is -2.25. The van der Waals surface area contributed by atoms with Gasteiger partial charge in [0.1, 0.15) is 5.75 Å². The first-order chi connectivity index (χ1) is 14.5. The molecule has 0 unspecified atom stereocenters. The van der Waals surface area contributed by atoms with Crippen LogP contribution in [0.15, 0.2) is 47.4 Å². The van der Waals surface area contributed by atoms with Crippen molar-refractivity contribution in [2.75, 3.05) is 12.3 Å². The lowest BCUT2D eigenvalue weighted by molar-refractivity contribution is 0.323. The molecule has 3 aromatic rings. The first-order valence-electron chi connectivity index (χ1n) is 10.7. The molecule has 2 aliphatic carbocycles. The third-order valence-corrected chi connectivity index (χ3v) is 7.64. The SMILES string of the molecule is CCOc1ccc2c(N)c(-c3ccc(S(=O)(=O)NC4CC4)cc3)n(C3CCC3)c2c1. The number of nitrogens with zero attached hydrogens (tertiary/aromatic N) is 1. The van der Waals surface area contributed by atoms with E-state index in [0.717, 1.165) is 59.3 Å². The Labute approximate surface area is 177 Å². The zero-order chi connectivity index (χ0) is 20.9. The van der Waals surface area contributed by atoms with E-state index in [-0.39, 0.29) is 6.04 Å². The molecule has 3 N–H and O–H groups in total. The highest BCUT2D eigenvalue weighted by Crippen LogP contribution is 2.44. The summed E-state index contributed by atoms with van der Waals surface area (Å²) in [6, 6.07) is 13.6. The first-order valence-corrected chi connectivity index (χ1v) is 12.1. The average Bonchev–Trinajstić information content (AvgIpc) is 3.45. The molecule has 0 aliphatic heterocycles. The fourth-order valence-electron chi connectivity index (χ4n) is 4.17. The zero-order valence-electron chi connectivity index (χ0n) is 17.1. The number of hydrogen-bond acceptors (Lipinski definition) is 4. The zero-order valence-corrected chi connectivity index (χ0v) is 17.9. The highest BCUT2D eigenvalue weighted by atomic mass is 32.2. The second-order valence-electron chi connectivity index (χ2n) is 8.25. The van der Waals surface area contributed by atoms with Crippen LogP contribution in [0, 0.1) is 0 Å². The van der Waals surface area contributed by atoms with Crippen molar-refractivity contribution < 1.29 is 13.2 Å². The van der Waals surface area contributed by atoms with Gasteiger partial charge < -0.3 is 15.0 Å². The van der Waals surface area contributed by atoms with E-state index in [9.17, 15) is 8.42 Å². The van der Waals surface area contributed by atoms with Crippen LogP contribution in [0.4, 0.5) is 5.69 Å². The van der Waals surface area contributed by atoms with Crippen LogP contribution in [0.5, 0.6) is 5.75 Å². The predicted octanol–water partition coefficient (Wildman–Crippen LogP) is 4.45. The monoisotopic (exact) mass is 425 g/mol.